The number of ether oxygens (including phenoxy) is 3. The van der Waals surface area contributed by atoms with Gasteiger partial charge in [-0.2, -0.15) is 5.26 Å². The summed E-state index contributed by atoms with van der Waals surface area (Å²) in [5.41, 5.74) is -0.529. The fraction of sp³-hybridized carbons (Fsp3) is 0.500. The first-order chi connectivity index (χ1) is 17.5. The molecule has 0 saturated carbocycles. The molecule has 11 heteroatoms. The van der Waals surface area contributed by atoms with Gasteiger partial charge in [-0.15, -0.1) is 0 Å². The molecular weight excluding hydrogens is 489 g/mol. The van der Waals surface area contributed by atoms with Crippen LogP contribution >= 0.6 is 0 Å². The molecule has 0 unspecified atom stereocenters. The summed E-state index contributed by atoms with van der Waals surface area (Å²) in [7, 11) is 0. The Kier molecular flexibility index (Phi) is 7.62. The maximum atomic E-state index is 14.4. The highest BCUT2D eigenvalue weighted by atomic mass is 19.2. The minimum absolute atomic E-state index is 0.0359. The van der Waals surface area contributed by atoms with Crippen molar-refractivity contribution < 1.29 is 32.2 Å². The van der Waals surface area contributed by atoms with Crippen LogP contribution < -0.4 is 4.90 Å². The van der Waals surface area contributed by atoms with Crippen molar-refractivity contribution in [1.29, 1.82) is 5.26 Å². The van der Waals surface area contributed by atoms with Gasteiger partial charge in [-0.05, 0) is 39.0 Å². The number of hydrogen-bond acceptors (Lipinski definition) is 7. The van der Waals surface area contributed by atoms with Crippen LogP contribution in [-0.4, -0.2) is 60.7 Å². The van der Waals surface area contributed by atoms with E-state index in [-0.39, 0.29) is 23.6 Å². The van der Waals surface area contributed by atoms with Crippen molar-refractivity contribution in [2.24, 2.45) is 5.41 Å². The number of amides is 1. The first kappa shape index (κ1) is 26.7. The number of benzene rings is 1. The standard InChI is InChI=1S/C26H29F3N4O4/c1-25(2,3)37-24(34)33-13-26(14-33)15-35-21(36-16-26)8-9-32(20-7-4-17(10-30)11-31-20)12-18-5-6-19(27)23(29)22(18)28/h4-7,11,21H,8-9,12-16H2,1-3H3. The van der Waals surface area contributed by atoms with Gasteiger partial charge < -0.3 is 24.0 Å². The van der Waals surface area contributed by atoms with Crippen LogP contribution in [0, 0.1) is 34.2 Å². The number of rotatable bonds is 6. The fourth-order valence-electron chi connectivity index (χ4n) is 4.27. The van der Waals surface area contributed by atoms with Gasteiger partial charge in [0.15, 0.2) is 23.7 Å². The van der Waals surface area contributed by atoms with Crippen LogP contribution in [0.1, 0.15) is 38.3 Å². The number of likely N-dealkylation sites (tertiary alicyclic amines) is 1. The van der Waals surface area contributed by atoms with Crippen molar-refractivity contribution in [3.63, 3.8) is 0 Å². The Bertz CT molecular complexity index is 1160. The van der Waals surface area contributed by atoms with Crippen LogP contribution in [0.3, 0.4) is 0 Å². The normalized spacial score (nSPS) is 17.3. The number of anilines is 1. The third-order valence-electron chi connectivity index (χ3n) is 6.17. The lowest BCUT2D eigenvalue weighted by Gasteiger charge is -2.52. The molecule has 37 heavy (non-hydrogen) atoms. The molecule has 0 atom stereocenters. The topological polar surface area (TPSA) is 87.9 Å². The monoisotopic (exact) mass is 518 g/mol. The van der Waals surface area contributed by atoms with Crippen LogP contribution in [-0.2, 0) is 20.8 Å². The van der Waals surface area contributed by atoms with Crippen molar-refractivity contribution in [3.8, 4) is 6.07 Å². The van der Waals surface area contributed by atoms with Gasteiger partial charge in [0.1, 0.15) is 17.5 Å². The molecule has 2 aromatic rings. The molecule has 8 nitrogen and oxygen atoms in total. The van der Waals surface area contributed by atoms with Crippen LogP contribution in [0.25, 0.3) is 0 Å². The number of carbonyl (C=O) groups excluding carboxylic acids is 1. The van der Waals surface area contributed by atoms with Gasteiger partial charge in [0.25, 0.3) is 0 Å². The van der Waals surface area contributed by atoms with Crippen LogP contribution in [0.2, 0.25) is 0 Å². The lowest BCUT2D eigenvalue weighted by molar-refractivity contribution is -0.254. The van der Waals surface area contributed by atoms with Crippen molar-refractivity contribution in [3.05, 3.63) is 59.0 Å². The maximum absolute atomic E-state index is 14.4. The Labute approximate surface area is 213 Å². The number of halogens is 3. The Morgan fingerprint density at radius 2 is 1.89 bits per heavy atom. The summed E-state index contributed by atoms with van der Waals surface area (Å²) >= 11 is 0. The summed E-state index contributed by atoms with van der Waals surface area (Å²) in [6.07, 6.45) is 0.861. The molecule has 0 bridgehead atoms. The average Bonchev–Trinajstić information content (AvgIpc) is 2.84. The number of aromatic nitrogens is 1. The van der Waals surface area contributed by atoms with E-state index in [1.807, 2.05) is 26.8 Å². The highest BCUT2D eigenvalue weighted by Crippen LogP contribution is 2.36. The number of carbonyl (C=O) groups is 1. The third-order valence-corrected chi connectivity index (χ3v) is 6.17. The maximum Gasteiger partial charge on any atom is 0.410 e. The van der Waals surface area contributed by atoms with Crippen LogP contribution in [0.4, 0.5) is 23.8 Å². The zero-order valence-electron chi connectivity index (χ0n) is 21.0. The number of nitrogens with zero attached hydrogens (tertiary/aromatic N) is 4. The molecule has 1 amide bonds. The smallest absolute Gasteiger partial charge is 0.410 e. The van der Waals surface area contributed by atoms with E-state index in [1.54, 1.807) is 21.9 Å². The third kappa shape index (κ3) is 6.32. The molecule has 0 N–H and O–H groups in total. The van der Waals surface area contributed by atoms with E-state index < -0.39 is 29.3 Å². The summed E-state index contributed by atoms with van der Waals surface area (Å²) in [4.78, 5) is 19.8. The van der Waals surface area contributed by atoms with Crippen molar-refractivity contribution in [2.45, 2.75) is 45.6 Å². The molecule has 198 valence electrons. The van der Waals surface area contributed by atoms with Gasteiger partial charge in [-0.3, -0.25) is 0 Å². The van der Waals surface area contributed by atoms with E-state index in [0.717, 1.165) is 6.07 Å². The number of nitriles is 1. The molecule has 0 aliphatic carbocycles. The van der Waals surface area contributed by atoms with Crippen molar-refractivity contribution in [2.75, 3.05) is 37.7 Å². The van der Waals surface area contributed by atoms with Crippen molar-refractivity contribution >= 4 is 11.9 Å². The van der Waals surface area contributed by atoms with Crippen LogP contribution in [0.15, 0.2) is 30.5 Å². The second-order valence-corrected chi connectivity index (χ2v) is 10.4. The molecule has 4 rings (SSSR count). The Hall–Kier alpha value is -3.36. The Morgan fingerprint density at radius 3 is 2.49 bits per heavy atom. The molecule has 2 saturated heterocycles. The summed E-state index contributed by atoms with van der Waals surface area (Å²) in [5, 5.41) is 9.04. The van der Waals surface area contributed by atoms with Gasteiger partial charge >= 0.3 is 6.09 Å². The van der Waals surface area contributed by atoms with E-state index in [2.05, 4.69) is 4.98 Å². The zero-order valence-corrected chi connectivity index (χ0v) is 21.0. The Morgan fingerprint density at radius 1 is 1.19 bits per heavy atom. The first-order valence-electron chi connectivity index (χ1n) is 11.9. The van der Waals surface area contributed by atoms with Gasteiger partial charge in [0, 0.05) is 44.4 Å². The molecule has 0 radical (unpaired) electrons. The van der Waals surface area contributed by atoms with Gasteiger partial charge in [0.2, 0.25) is 0 Å². The predicted molar refractivity (Wildman–Crippen MR) is 127 cm³/mol. The quantitative estimate of drug-likeness (QED) is 0.525. The molecular formula is C26H29F3N4O4. The van der Waals surface area contributed by atoms with E-state index in [9.17, 15) is 18.0 Å². The van der Waals surface area contributed by atoms with E-state index in [4.69, 9.17) is 19.5 Å². The molecule has 2 aliphatic rings. The minimum atomic E-state index is -1.53. The summed E-state index contributed by atoms with van der Waals surface area (Å²) in [5.74, 6) is -3.62. The number of pyridine rings is 1. The second-order valence-electron chi connectivity index (χ2n) is 10.4. The highest BCUT2D eigenvalue weighted by molar-refractivity contribution is 5.69. The molecule has 3 heterocycles. The van der Waals surface area contributed by atoms with Gasteiger partial charge in [-0.1, -0.05) is 6.07 Å². The highest BCUT2D eigenvalue weighted by Gasteiger charge is 2.49. The van der Waals surface area contributed by atoms with Crippen LogP contribution in [0.5, 0.6) is 0 Å². The Balaban J connectivity index is 1.36. The van der Waals surface area contributed by atoms with E-state index >= 15 is 0 Å². The molecule has 2 aliphatic heterocycles. The molecule has 2 fully saturated rings. The van der Waals surface area contributed by atoms with E-state index in [1.165, 1.54) is 12.3 Å². The average molecular weight is 519 g/mol. The first-order valence-corrected chi connectivity index (χ1v) is 11.9. The summed E-state index contributed by atoms with van der Waals surface area (Å²) in [6, 6.07) is 7.23. The van der Waals surface area contributed by atoms with Gasteiger partial charge in [0.05, 0.1) is 24.2 Å². The molecule has 1 spiro atoms. The predicted octanol–water partition coefficient (Wildman–Crippen LogP) is 4.38. The zero-order chi connectivity index (χ0) is 26.8. The molecule has 1 aromatic carbocycles. The van der Waals surface area contributed by atoms with E-state index in [0.29, 0.717) is 50.7 Å². The summed E-state index contributed by atoms with van der Waals surface area (Å²) in [6.45, 7) is 7.44. The lowest BCUT2D eigenvalue weighted by Crippen LogP contribution is -2.65. The second kappa shape index (κ2) is 10.6. The molecule has 1 aromatic heterocycles. The fourth-order valence-corrected chi connectivity index (χ4v) is 4.27. The lowest BCUT2D eigenvalue weighted by atomic mass is 9.81. The SMILES string of the molecule is CC(C)(C)OC(=O)N1CC2(COC(CCN(Cc3ccc(F)c(F)c3F)c3ccc(C#N)cn3)OC2)C1. The van der Waals surface area contributed by atoms with Crippen molar-refractivity contribution in [1.82, 2.24) is 9.88 Å². The van der Waals surface area contributed by atoms with Gasteiger partial charge in [-0.25, -0.2) is 22.9 Å². The number of hydrogen-bond donors (Lipinski definition) is 0. The summed E-state index contributed by atoms with van der Waals surface area (Å²) < 4.78 is 58.8. The largest absolute Gasteiger partial charge is 0.444 e. The minimum Gasteiger partial charge on any atom is -0.444 e.